The van der Waals surface area contributed by atoms with Crippen molar-refractivity contribution < 1.29 is 8.42 Å². The molecule has 1 aliphatic rings. The van der Waals surface area contributed by atoms with Crippen molar-refractivity contribution in [1.82, 2.24) is 0 Å². The highest BCUT2D eigenvalue weighted by atomic mass is 35.7. The van der Waals surface area contributed by atoms with Crippen LogP contribution in [-0.4, -0.2) is 25.2 Å². The average Bonchev–Trinajstić information content (AvgIpc) is 2.48. The van der Waals surface area contributed by atoms with E-state index in [1.54, 1.807) is 6.08 Å². The molecule has 0 radical (unpaired) electrons. The van der Waals surface area contributed by atoms with Crippen LogP contribution in [0, 0.1) is 0 Å². The number of hydrogen-bond donors (Lipinski definition) is 0. The minimum atomic E-state index is -3.34. The van der Waals surface area contributed by atoms with Gasteiger partial charge in [-0.2, -0.15) is 11.8 Å². The Balaban J connectivity index is 2.18. The molecule has 1 unspecified atom stereocenters. The zero-order chi connectivity index (χ0) is 9.73. The van der Waals surface area contributed by atoms with Crippen molar-refractivity contribution in [3.05, 3.63) is 12.2 Å². The molecule has 13 heavy (non-hydrogen) atoms. The molecule has 1 heterocycles. The van der Waals surface area contributed by atoms with Crippen molar-refractivity contribution in [2.24, 2.45) is 0 Å². The van der Waals surface area contributed by atoms with Crippen LogP contribution in [0.1, 0.15) is 19.3 Å². The fourth-order valence-corrected chi connectivity index (χ4v) is 3.09. The van der Waals surface area contributed by atoms with Gasteiger partial charge >= 0.3 is 0 Å². The van der Waals surface area contributed by atoms with Crippen LogP contribution in [0.25, 0.3) is 0 Å². The lowest BCUT2D eigenvalue weighted by Gasteiger charge is -2.01. The normalized spacial score (nSPS) is 24.2. The van der Waals surface area contributed by atoms with Crippen LogP contribution in [0.15, 0.2) is 12.2 Å². The topological polar surface area (TPSA) is 34.1 Å². The lowest BCUT2D eigenvalue weighted by molar-refractivity contribution is 0.612. The van der Waals surface area contributed by atoms with Gasteiger partial charge in [0.25, 0.3) is 0 Å². The Hall–Kier alpha value is 0.330. The first kappa shape index (κ1) is 11.4. The molecule has 0 aromatic rings. The van der Waals surface area contributed by atoms with Crippen LogP contribution in [0.2, 0.25) is 0 Å². The predicted molar refractivity (Wildman–Crippen MR) is 58.9 cm³/mol. The molecule has 76 valence electrons. The summed E-state index contributed by atoms with van der Waals surface area (Å²) in [7, 11) is 1.70. The highest BCUT2D eigenvalue weighted by Crippen LogP contribution is 2.28. The molecule has 0 N–H and O–H groups in total. The maximum atomic E-state index is 10.5. The molecule has 0 saturated carbocycles. The number of allylic oxidation sites excluding steroid dienone is 1. The zero-order valence-electron chi connectivity index (χ0n) is 7.28. The quantitative estimate of drug-likeness (QED) is 0.559. The van der Waals surface area contributed by atoms with Gasteiger partial charge in [-0.05, 0) is 25.0 Å². The third kappa shape index (κ3) is 5.60. The summed E-state index contributed by atoms with van der Waals surface area (Å²) in [6, 6.07) is 0. The minimum absolute atomic E-state index is 0.0497. The van der Waals surface area contributed by atoms with Gasteiger partial charge in [-0.1, -0.05) is 12.2 Å². The Morgan fingerprint density at radius 3 is 2.77 bits per heavy atom. The van der Waals surface area contributed by atoms with E-state index in [0.717, 1.165) is 6.42 Å². The maximum absolute atomic E-state index is 10.5. The third-order valence-corrected chi connectivity index (χ3v) is 4.28. The van der Waals surface area contributed by atoms with Crippen LogP contribution in [-0.2, 0) is 9.05 Å². The second-order valence-electron chi connectivity index (χ2n) is 3.05. The van der Waals surface area contributed by atoms with E-state index in [-0.39, 0.29) is 5.75 Å². The Kier molecular flexibility index (Phi) is 4.62. The minimum Gasteiger partial charge on any atom is -0.212 e. The Morgan fingerprint density at radius 1 is 1.46 bits per heavy atom. The lowest BCUT2D eigenvalue weighted by atomic mass is 10.2. The molecule has 0 aliphatic carbocycles. The second kappa shape index (κ2) is 5.27. The first-order valence-electron chi connectivity index (χ1n) is 4.27. The molecule has 0 spiro atoms. The first-order chi connectivity index (χ1) is 6.08. The molecule has 2 nitrogen and oxygen atoms in total. The summed E-state index contributed by atoms with van der Waals surface area (Å²) in [6.45, 7) is 0. The van der Waals surface area contributed by atoms with E-state index in [4.69, 9.17) is 10.7 Å². The van der Waals surface area contributed by atoms with Crippen molar-refractivity contribution in [2.75, 3.05) is 11.5 Å². The van der Waals surface area contributed by atoms with Crippen LogP contribution in [0.3, 0.4) is 0 Å². The fourth-order valence-electron chi connectivity index (χ4n) is 1.26. The van der Waals surface area contributed by atoms with Gasteiger partial charge in [-0.3, -0.25) is 0 Å². The van der Waals surface area contributed by atoms with Crippen molar-refractivity contribution in [2.45, 2.75) is 24.5 Å². The summed E-state index contributed by atoms with van der Waals surface area (Å²) in [5, 5.41) is 0.689. The summed E-state index contributed by atoms with van der Waals surface area (Å²) in [5.41, 5.74) is 0. The summed E-state index contributed by atoms with van der Waals surface area (Å²) in [4.78, 5) is 0. The third-order valence-electron chi connectivity index (χ3n) is 1.88. The number of halogens is 1. The number of rotatable bonds is 4. The summed E-state index contributed by atoms with van der Waals surface area (Å²) >= 11 is 1.97. The Morgan fingerprint density at radius 2 is 2.23 bits per heavy atom. The number of thioether (sulfide) groups is 1. The van der Waals surface area contributed by atoms with Crippen molar-refractivity contribution >= 4 is 31.5 Å². The summed E-state index contributed by atoms with van der Waals surface area (Å²) in [6.07, 6.45) is 7.07. The maximum Gasteiger partial charge on any atom is 0.236 e. The van der Waals surface area contributed by atoms with E-state index < -0.39 is 9.05 Å². The molecule has 1 atom stereocenters. The second-order valence-corrected chi connectivity index (χ2v) is 7.28. The molecular weight excluding hydrogens is 228 g/mol. The molecule has 1 rings (SSSR count). The van der Waals surface area contributed by atoms with Gasteiger partial charge in [0.15, 0.2) is 0 Å². The van der Waals surface area contributed by atoms with E-state index >= 15 is 0 Å². The largest absolute Gasteiger partial charge is 0.236 e. The van der Waals surface area contributed by atoms with Gasteiger partial charge in [0.2, 0.25) is 9.05 Å². The van der Waals surface area contributed by atoms with Gasteiger partial charge in [-0.25, -0.2) is 8.42 Å². The van der Waals surface area contributed by atoms with Crippen molar-refractivity contribution in [3.8, 4) is 0 Å². The van der Waals surface area contributed by atoms with Crippen LogP contribution < -0.4 is 0 Å². The van der Waals surface area contributed by atoms with Gasteiger partial charge in [-0.15, -0.1) is 0 Å². The van der Waals surface area contributed by atoms with E-state index in [9.17, 15) is 8.42 Å². The van der Waals surface area contributed by atoms with Crippen LogP contribution in [0.4, 0.5) is 0 Å². The molecule has 0 amide bonds. The highest BCUT2D eigenvalue weighted by Gasteiger charge is 2.13. The van der Waals surface area contributed by atoms with Gasteiger partial charge in [0.1, 0.15) is 0 Å². The fraction of sp³-hybridized carbons (Fsp3) is 0.750. The highest BCUT2D eigenvalue weighted by molar-refractivity contribution is 8.13. The van der Waals surface area contributed by atoms with E-state index in [0.29, 0.717) is 5.25 Å². The van der Waals surface area contributed by atoms with Crippen molar-refractivity contribution in [3.63, 3.8) is 0 Å². The van der Waals surface area contributed by atoms with Gasteiger partial charge in [0.05, 0.1) is 5.75 Å². The molecular formula is C8H13ClO2S2. The van der Waals surface area contributed by atoms with E-state index in [1.165, 1.54) is 18.6 Å². The average molecular weight is 241 g/mol. The van der Waals surface area contributed by atoms with Gasteiger partial charge in [0, 0.05) is 15.9 Å². The van der Waals surface area contributed by atoms with Crippen LogP contribution >= 0.6 is 22.4 Å². The van der Waals surface area contributed by atoms with Crippen LogP contribution in [0.5, 0.6) is 0 Å². The SMILES string of the molecule is O=S(=O)(Cl)C/C=C\CC1CCCS1. The van der Waals surface area contributed by atoms with E-state index in [1.807, 2.05) is 17.8 Å². The molecule has 0 aromatic carbocycles. The zero-order valence-corrected chi connectivity index (χ0v) is 9.67. The Bertz CT molecular complexity index is 266. The molecule has 1 fully saturated rings. The summed E-state index contributed by atoms with van der Waals surface area (Å²) in [5.74, 6) is 1.19. The van der Waals surface area contributed by atoms with Crippen molar-refractivity contribution in [1.29, 1.82) is 0 Å². The molecule has 0 bridgehead atoms. The molecule has 1 aliphatic heterocycles. The molecule has 5 heteroatoms. The smallest absolute Gasteiger partial charge is 0.212 e. The molecule has 1 saturated heterocycles. The lowest BCUT2D eigenvalue weighted by Crippen LogP contribution is -1.95. The molecule has 0 aromatic heterocycles. The number of hydrogen-bond acceptors (Lipinski definition) is 3. The monoisotopic (exact) mass is 240 g/mol. The summed E-state index contributed by atoms with van der Waals surface area (Å²) < 4.78 is 21.1. The Labute approximate surface area is 88.2 Å². The standard InChI is InChI=1S/C8H13ClO2S2/c9-13(10,11)7-2-1-4-8-5-3-6-12-8/h1-2,8H,3-7H2/b2-1-. The van der Waals surface area contributed by atoms with E-state index in [2.05, 4.69) is 0 Å². The first-order valence-corrected chi connectivity index (χ1v) is 7.79. The van der Waals surface area contributed by atoms with Gasteiger partial charge < -0.3 is 0 Å². The predicted octanol–water partition coefficient (Wildman–Crippen LogP) is 2.40.